The summed E-state index contributed by atoms with van der Waals surface area (Å²) in [4.78, 5) is 27.8. The van der Waals surface area contributed by atoms with E-state index in [1.165, 1.54) is 6.26 Å². The third kappa shape index (κ3) is 5.89. The third-order valence-electron chi connectivity index (χ3n) is 6.87. The number of amides is 2. The van der Waals surface area contributed by atoms with Gasteiger partial charge in [-0.2, -0.15) is 10.4 Å². The molecule has 0 atom stereocenters. The standard InChI is InChI=1S/C33H30N4O4/c1-22(2)15-17-41-27-13-11-24(12-14-27)31-25(20-37(35-31)26-8-5-4-6-9-26)18-29-23(3)30(19-34)33(39)36(32(29)38)21-28-10-7-16-40-28/h4-14,16,18,20,22H,15,17,21H2,1-3H3/b29-18+. The zero-order valence-corrected chi connectivity index (χ0v) is 23.2. The number of imide groups is 1. The average molecular weight is 547 g/mol. The Balaban J connectivity index is 1.57. The second-order valence-electron chi connectivity index (χ2n) is 10.2. The average Bonchev–Trinajstić information content (AvgIpc) is 3.65. The Hall–Kier alpha value is -5.16. The lowest BCUT2D eigenvalue weighted by atomic mass is 9.93. The third-order valence-corrected chi connectivity index (χ3v) is 6.87. The lowest BCUT2D eigenvalue weighted by Crippen LogP contribution is -2.42. The summed E-state index contributed by atoms with van der Waals surface area (Å²) in [5.74, 6) is 0.616. The second kappa shape index (κ2) is 11.9. The molecule has 41 heavy (non-hydrogen) atoms. The van der Waals surface area contributed by atoms with Crippen molar-refractivity contribution in [3.05, 3.63) is 107 Å². The van der Waals surface area contributed by atoms with E-state index in [-0.39, 0.29) is 17.7 Å². The van der Waals surface area contributed by atoms with Crippen molar-refractivity contribution in [2.75, 3.05) is 6.61 Å². The first kappa shape index (κ1) is 27.4. The van der Waals surface area contributed by atoms with E-state index >= 15 is 0 Å². The number of nitrogens with zero attached hydrogens (tertiary/aromatic N) is 4. The van der Waals surface area contributed by atoms with E-state index in [9.17, 15) is 14.9 Å². The van der Waals surface area contributed by atoms with Gasteiger partial charge in [-0.1, -0.05) is 32.0 Å². The highest BCUT2D eigenvalue weighted by molar-refractivity contribution is 6.19. The molecule has 8 nitrogen and oxygen atoms in total. The van der Waals surface area contributed by atoms with Crippen molar-refractivity contribution in [3.8, 4) is 28.8 Å². The van der Waals surface area contributed by atoms with Crippen LogP contribution in [0.1, 0.15) is 38.5 Å². The summed E-state index contributed by atoms with van der Waals surface area (Å²) >= 11 is 0. The van der Waals surface area contributed by atoms with E-state index in [0.29, 0.717) is 35.1 Å². The molecule has 5 rings (SSSR count). The molecule has 2 aromatic heterocycles. The smallest absolute Gasteiger partial charge is 0.272 e. The molecule has 2 amide bonds. The van der Waals surface area contributed by atoms with E-state index < -0.39 is 11.8 Å². The molecule has 1 aliphatic rings. The molecule has 0 unspecified atom stereocenters. The lowest BCUT2D eigenvalue weighted by molar-refractivity contribution is -0.141. The first-order chi connectivity index (χ1) is 19.9. The number of rotatable bonds is 9. The number of nitriles is 1. The molecule has 0 aliphatic carbocycles. The fraction of sp³-hybridized carbons (Fsp3) is 0.212. The maximum atomic E-state index is 13.7. The lowest BCUT2D eigenvalue weighted by Gasteiger charge is -2.26. The summed E-state index contributed by atoms with van der Waals surface area (Å²) in [7, 11) is 0. The van der Waals surface area contributed by atoms with Crippen LogP contribution in [0.25, 0.3) is 23.0 Å². The SMILES string of the molecule is CC1=C(C#N)C(=O)N(Cc2ccco2)C(=O)/C1=C/c1cn(-c2ccccc2)nc1-c1ccc(OCCC(C)C)cc1. The summed E-state index contributed by atoms with van der Waals surface area (Å²) in [6.07, 6.45) is 5.98. The Labute approximate surface area is 238 Å². The van der Waals surface area contributed by atoms with Gasteiger partial charge in [0.05, 0.1) is 30.8 Å². The Morgan fingerprint density at radius 1 is 1.02 bits per heavy atom. The van der Waals surface area contributed by atoms with Gasteiger partial charge in [0.2, 0.25) is 0 Å². The van der Waals surface area contributed by atoms with Crippen molar-refractivity contribution >= 4 is 17.9 Å². The number of carbonyl (C=O) groups is 2. The van der Waals surface area contributed by atoms with Crippen LogP contribution in [0.5, 0.6) is 5.75 Å². The predicted octanol–water partition coefficient (Wildman–Crippen LogP) is 6.35. The molecule has 4 aromatic rings. The van der Waals surface area contributed by atoms with Crippen molar-refractivity contribution in [3.63, 3.8) is 0 Å². The minimum atomic E-state index is -0.642. The van der Waals surface area contributed by atoms with Crippen LogP contribution >= 0.6 is 0 Å². The Bertz CT molecular complexity index is 1650. The van der Waals surface area contributed by atoms with Gasteiger partial charge < -0.3 is 9.15 Å². The number of ether oxygens (including phenoxy) is 1. The van der Waals surface area contributed by atoms with Gasteiger partial charge in [-0.05, 0) is 79.4 Å². The van der Waals surface area contributed by atoms with Crippen LogP contribution in [-0.2, 0) is 16.1 Å². The molecule has 3 heterocycles. The topological polar surface area (TPSA) is 101 Å². The van der Waals surface area contributed by atoms with Crippen LogP contribution in [0, 0.1) is 17.2 Å². The molecule has 0 fully saturated rings. The summed E-state index contributed by atoms with van der Waals surface area (Å²) in [5.41, 5.74) is 3.47. The fourth-order valence-corrected chi connectivity index (χ4v) is 4.54. The fourth-order valence-electron chi connectivity index (χ4n) is 4.54. The molecular weight excluding hydrogens is 516 g/mol. The largest absolute Gasteiger partial charge is 0.494 e. The minimum absolute atomic E-state index is 0.0745. The number of aromatic nitrogens is 2. The molecule has 0 saturated heterocycles. The van der Waals surface area contributed by atoms with Crippen molar-refractivity contribution in [1.82, 2.24) is 14.7 Å². The van der Waals surface area contributed by atoms with E-state index in [1.807, 2.05) is 66.9 Å². The number of para-hydroxylation sites is 1. The number of hydrogen-bond acceptors (Lipinski definition) is 6. The molecule has 206 valence electrons. The normalized spacial score (nSPS) is 14.7. The second-order valence-corrected chi connectivity index (χ2v) is 10.2. The van der Waals surface area contributed by atoms with Crippen LogP contribution in [0.2, 0.25) is 0 Å². The maximum absolute atomic E-state index is 13.7. The van der Waals surface area contributed by atoms with Crippen molar-refractivity contribution in [2.45, 2.75) is 33.7 Å². The first-order valence-electron chi connectivity index (χ1n) is 13.5. The van der Waals surface area contributed by atoms with Crippen LogP contribution in [-0.4, -0.2) is 33.1 Å². The van der Waals surface area contributed by atoms with Gasteiger partial charge in [0.1, 0.15) is 23.2 Å². The summed E-state index contributed by atoms with van der Waals surface area (Å²) < 4.78 is 13.0. The van der Waals surface area contributed by atoms with Crippen molar-refractivity contribution in [2.24, 2.45) is 5.92 Å². The van der Waals surface area contributed by atoms with Gasteiger partial charge in [-0.3, -0.25) is 14.5 Å². The van der Waals surface area contributed by atoms with Gasteiger partial charge in [0, 0.05) is 22.9 Å². The maximum Gasteiger partial charge on any atom is 0.272 e. The predicted molar refractivity (Wildman–Crippen MR) is 155 cm³/mol. The Morgan fingerprint density at radius 3 is 2.44 bits per heavy atom. The summed E-state index contributed by atoms with van der Waals surface area (Å²) in [6.45, 7) is 6.50. The molecule has 1 aliphatic heterocycles. The molecule has 2 aromatic carbocycles. The van der Waals surface area contributed by atoms with Gasteiger partial charge in [-0.25, -0.2) is 4.68 Å². The minimum Gasteiger partial charge on any atom is -0.494 e. The zero-order valence-electron chi connectivity index (χ0n) is 23.2. The summed E-state index contributed by atoms with van der Waals surface area (Å²) in [5, 5.41) is 14.7. The van der Waals surface area contributed by atoms with Gasteiger partial charge in [0.25, 0.3) is 11.8 Å². The molecule has 0 N–H and O–H groups in total. The van der Waals surface area contributed by atoms with Crippen LogP contribution in [0.4, 0.5) is 0 Å². The highest BCUT2D eigenvalue weighted by atomic mass is 16.5. The highest BCUT2D eigenvalue weighted by Gasteiger charge is 2.36. The van der Waals surface area contributed by atoms with Crippen molar-refractivity contribution in [1.29, 1.82) is 5.26 Å². The van der Waals surface area contributed by atoms with Crippen LogP contribution in [0.15, 0.2) is 100 Å². The van der Waals surface area contributed by atoms with Gasteiger partial charge in [0.15, 0.2) is 0 Å². The van der Waals surface area contributed by atoms with Crippen molar-refractivity contribution < 1.29 is 18.7 Å². The Kier molecular flexibility index (Phi) is 7.97. The number of furan rings is 1. The zero-order chi connectivity index (χ0) is 28.9. The van der Waals surface area contributed by atoms with E-state index in [0.717, 1.165) is 28.3 Å². The Morgan fingerprint density at radius 2 is 1.78 bits per heavy atom. The number of benzene rings is 2. The van der Waals surface area contributed by atoms with Crippen LogP contribution < -0.4 is 4.74 Å². The van der Waals surface area contributed by atoms with Gasteiger partial charge in [-0.15, -0.1) is 0 Å². The van der Waals surface area contributed by atoms with E-state index in [4.69, 9.17) is 14.3 Å². The summed E-state index contributed by atoms with van der Waals surface area (Å²) in [6, 6.07) is 22.7. The van der Waals surface area contributed by atoms with Crippen LogP contribution in [0.3, 0.4) is 0 Å². The molecule has 0 saturated carbocycles. The quantitative estimate of drug-likeness (QED) is 0.179. The number of hydrogen-bond donors (Lipinski definition) is 0. The highest BCUT2D eigenvalue weighted by Crippen LogP contribution is 2.32. The molecule has 0 spiro atoms. The molecule has 0 bridgehead atoms. The van der Waals surface area contributed by atoms with Gasteiger partial charge >= 0.3 is 0 Å². The first-order valence-corrected chi connectivity index (χ1v) is 13.5. The molecule has 8 heteroatoms. The van der Waals surface area contributed by atoms with E-state index in [1.54, 1.807) is 29.8 Å². The van der Waals surface area contributed by atoms with E-state index in [2.05, 4.69) is 13.8 Å². The number of carbonyl (C=O) groups excluding carboxylic acids is 2. The molecule has 0 radical (unpaired) electrons. The monoisotopic (exact) mass is 546 g/mol. The molecular formula is C33H30N4O4.